The van der Waals surface area contributed by atoms with Gasteiger partial charge in [0.05, 0.1) is 38.7 Å². The second kappa shape index (κ2) is 14.7. The second-order valence-electron chi connectivity index (χ2n) is 17.6. The molecule has 12 heteroatoms. The minimum Gasteiger partial charge on any atom is -0.485 e. The Hall–Kier alpha value is -4.28. The van der Waals surface area contributed by atoms with Crippen LogP contribution < -0.4 is 14.3 Å². The van der Waals surface area contributed by atoms with Crippen molar-refractivity contribution in [3.63, 3.8) is 0 Å². The Morgan fingerprint density at radius 2 is 1.78 bits per heavy atom. The Morgan fingerprint density at radius 3 is 2.53 bits per heavy atom. The lowest BCUT2D eigenvalue weighted by molar-refractivity contribution is -0.785. The minimum absolute atomic E-state index is 0.000202. The number of hydrogen-bond donors (Lipinski definition) is 1. The van der Waals surface area contributed by atoms with Gasteiger partial charge < -0.3 is 29.0 Å². The van der Waals surface area contributed by atoms with Gasteiger partial charge in [-0.3, -0.25) is 0 Å². The van der Waals surface area contributed by atoms with Gasteiger partial charge in [0.25, 0.3) is 0 Å². The third-order valence-electron chi connectivity index (χ3n) is 11.5. The Labute approximate surface area is 323 Å². The van der Waals surface area contributed by atoms with Crippen molar-refractivity contribution in [2.75, 3.05) is 44.4 Å². The maximum Gasteiger partial charge on any atom is 0.249 e. The molecule has 0 bridgehead atoms. The van der Waals surface area contributed by atoms with E-state index in [1.54, 1.807) is 4.68 Å². The zero-order chi connectivity index (χ0) is 37.7. The fourth-order valence-electron chi connectivity index (χ4n) is 7.89. The number of aliphatic hydroxyl groups excluding tert-OH is 1. The number of aromatic nitrogens is 6. The number of hydrogen-bond acceptors (Lipinski definition) is 9. The highest BCUT2D eigenvalue weighted by Gasteiger charge is 2.49. The van der Waals surface area contributed by atoms with E-state index in [1.807, 2.05) is 6.20 Å². The van der Waals surface area contributed by atoms with E-state index in [9.17, 15) is 5.11 Å². The van der Waals surface area contributed by atoms with Crippen LogP contribution >= 0.6 is 0 Å². The highest BCUT2D eigenvalue weighted by Crippen LogP contribution is 2.43. The first-order valence-corrected chi connectivity index (χ1v) is 20.1. The van der Waals surface area contributed by atoms with Crippen LogP contribution in [0.5, 0.6) is 5.75 Å². The van der Waals surface area contributed by atoms with Crippen molar-refractivity contribution in [3.05, 3.63) is 59.9 Å². The van der Waals surface area contributed by atoms with Crippen molar-refractivity contribution in [1.29, 1.82) is 0 Å². The predicted molar refractivity (Wildman–Crippen MR) is 206 cm³/mol. The van der Waals surface area contributed by atoms with Crippen molar-refractivity contribution in [1.82, 2.24) is 24.9 Å². The van der Waals surface area contributed by atoms with Crippen LogP contribution in [0.2, 0.25) is 0 Å². The average molecular weight is 749 g/mol. The van der Waals surface area contributed by atoms with Crippen LogP contribution in [-0.2, 0) is 27.3 Å². The molecule has 5 heterocycles. The van der Waals surface area contributed by atoms with Gasteiger partial charge in [0, 0.05) is 76.4 Å². The van der Waals surface area contributed by atoms with Crippen molar-refractivity contribution in [2.24, 2.45) is 16.7 Å². The largest absolute Gasteiger partial charge is 0.485 e. The molecular weight excluding hydrogens is 695 g/mol. The first-order chi connectivity index (χ1) is 26.6. The molecule has 3 aliphatic heterocycles. The van der Waals surface area contributed by atoms with Crippen LogP contribution in [0, 0.1) is 35.5 Å². The molecule has 0 radical (unpaired) electrons. The van der Waals surface area contributed by atoms with E-state index in [2.05, 4.69) is 107 Å². The van der Waals surface area contributed by atoms with Crippen LogP contribution in [-0.4, -0.2) is 88.0 Å². The number of aliphatic hydroxyl groups is 1. The molecule has 2 aromatic heterocycles. The molecule has 2 aromatic carbocycles. The Kier molecular flexibility index (Phi) is 9.69. The van der Waals surface area contributed by atoms with Gasteiger partial charge in [0.2, 0.25) is 5.69 Å². The van der Waals surface area contributed by atoms with E-state index in [0.29, 0.717) is 32.2 Å². The maximum absolute atomic E-state index is 9.93. The molecule has 5 fully saturated rings. The topological polar surface area (TPSA) is 113 Å². The highest BCUT2D eigenvalue weighted by atomic mass is 16.7. The fraction of sp³-hybridized carbons (Fsp3) is 0.581. The summed E-state index contributed by atoms with van der Waals surface area (Å²) in [6.45, 7) is 13.5. The van der Waals surface area contributed by atoms with Crippen LogP contribution in [0.1, 0.15) is 76.5 Å². The Morgan fingerprint density at radius 1 is 0.964 bits per heavy atom. The fourth-order valence-corrected chi connectivity index (χ4v) is 7.89. The number of aryl methyl sites for hydroxylation is 1. The van der Waals surface area contributed by atoms with E-state index < -0.39 is 0 Å². The van der Waals surface area contributed by atoms with Crippen molar-refractivity contribution in [2.45, 2.75) is 104 Å². The SMILES string of the molecule is Cc1cc(C#CC2CC2)ccc1-c1c[n+](C2CC2Oc2cc(N3CC(C)(CO)C3)ccc2-c2cn(CC3OCC(C)(C)CO3)nn2)n(CC2CCCCO2)n1. The smallest absolute Gasteiger partial charge is 0.249 e. The summed E-state index contributed by atoms with van der Waals surface area (Å²) in [5.41, 5.74) is 6.86. The van der Waals surface area contributed by atoms with Crippen molar-refractivity contribution < 1.29 is 28.7 Å². The molecule has 12 nitrogen and oxygen atoms in total. The lowest BCUT2D eigenvalue weighted by Crippen LogP contribution is -2.56. The maximum atomic E-state index is 9.93. The molecule has 3 atom stereocenters. The monoisotopic (exact) mass is 748 g/mol. The summed E-state index contributed by atoms with van der Waals surface area (Å²) in [5.74, 6) is 8.09. The number of nitrogens with zero attached hydrogens (tertiary/aromatic N) is 7. The van der Waals surface area contributed by atoms with Gasteiger partial charge in [-0.05, 0) is 79.7 Å². The van der Waals surface area contributed by atoms with Crippen LogP contribution in [0.15, 0.2) is 48.8 Å². The van der Waals surface area contributed by atoms with Gasteiger partial charge in [-0.15, -0.1) is 5.10 Å². The number of anilines is 1. The van der Waals surface area contributed by atoms with Gasteiger partial charge in [-0.25, -0.2) is 4.68 Å². The standard InChI is InChI=1S/C43H54N7O5/c1-29-17-31(11-10-30-8-9-30)12-14-34(29)37-22-49(50(45-37)20-33-7-5-6-16-52-33)38-19-40(38)55-39-18-32(47-24-43(4,25-47)26-51)13-15-35(39)36-21-48(46-44-36)23-41-53-27-42(2,3)28-54-41/h12-15,17-18,21-22,30,33,38,40-41,51H,5-9,16,19-20,23-28H2,1-4H3/q+1. The van der Waals surface area contributed by atoms with Crippen LogP contribution in [0.3, 0.4) is 0 Å². The van der Waals surface area contributed by atoms with Crippen molar-refractivity contribution >= 4 is 5.69 Å². The predicted octanol–water partition coefficient (Wildman–Crippen LogP) is 5.35. The molecule has 55 heavy (non-hydrogen) atoms. The summed E-state index contributed by atoms with van der Waals surface area (Å²) in [5, 5.41) is 24.1. The van der Waals surface area contributed by atoms with E-state index in [-0.39, 0.29) is 42.0 Å². The second-order valence-corrected chi connectivity index (χ2v) is 17.6. The third-order valence-corrected chi connectivity index (χ3v) is 11.5. The average Bonchev–Trinajstić information content (AvgIpc) is 4.06. The molecule has 290 valence electrons. The zero-order valence-corrected chi connectivity index (χ0v) is 32.6. The van der Waals surface area contributed by atoms with Crippen LogP contribution in [0.4, 0.5) is 5.69 Å². The molecule has 0 amide bonds. The molecule has 2 saturated carbocycles. The van der Waals surface area contributed by atoms with E-state index >= 15 is 0 Å². The lowest BCUT2D eigenvalue weighted by atomic mass is 9.82. The lowest BCUT2D eigenvalue weighted by Gasteiger charge is -2.48. The first-order valence-electron chi connectivity index (χ1n) is 20.1. The molecule has 3 saturated heterocycles. The summed E-state index contributed by atoms with van der Waals surface area (Å²) in [6, 6.07) is 12.9. The summed E-state index contributed by atoms with van der Waals surface area (Å²) in [4.78, 5) is 4.40. The molecule has 4 aromatic rings. The van der Waals surface area contributed by atoms with Crippen LogP contribution in [0.25, 0.3) is 22.5 Å². The van der Waals surface area contributed by atoms with Crippen molar-refractivity contribution in [3.8, 4) is 40.1 Å². The number of benzene rings is 2. The highest BCUT2D eigenvalue weighted by molar-refractivity contribution is 5.71. The minimum atomic E-state index is -0.367. The first kappa shape index (κ1) is 36.4. The summed E-state index contributed by atoms with van der Waals surface area (Å²) in [6.07, 6.45) is 10.5. The number of rotatable bonds is 11. The van der Waals surface area contributed by atoms with E-state index in [1.165, 1.54) is 24.8 Å². The van der Waals surface area contributed by atoms with Gasteiger partial charge in [0.15, 0.2) is 18.5 Å². The van der Waals surface area contributed by atoms with Gasteiger partial charge >= 0.3 is 0 Å². The van der Waals surface area contributed by atoms with E-state index in [4.69, 9.17) is 24.0 Å². The van der Waals surface area contributed by atoms with Gasteiger partial charge in [0.1, 0.15) is 24.1 Å². The number of ether oxygens (including phenoxy) is 4. The molecule has 9 rings (SSSR count). The molecule has 3 unspecified atom stereocenters. The Balaban J connectivity index is 0.975. The third kappa shape index (κ3) is 8.17. The quantitative estimate of drug-likeness (QED) is 0.160. The van der Waals surface area contributed by atoms with E-state index in [0.717, 1.165) is 78.5 Å². The summed E-state index contributed by atoms with van der Waals surface area (Å²) >= 11 is 0. The van der Waals surface area contributed by atoms with Gasteiger partial charge in [-0.2, -0.15) is 4.68 Å². The molecular formula is C43H54N7O5+. The molecule has 1 N–H and O–H groups in total. The normalized spacial score (nSPS) is 24.5. The summed E-state index contributed by atoms with van der Waals surface area (Å²) in [7, 11) is 0. The Bertz CT molecular complexity index is 2070. The zero-order valence-electron chi connectivity index (χ0n) is 32.6. The molecule has 2 aliphatic carbocycles. The summed E-state index contributed by atoms with van der Waals surface area (Å²) < 4.78 is 29.1. The van der Waals surface area contributed by atoms with Gasteiger partial charge in [-0.1, -0.05) is 37.8 Å². The molecule has 5 aliphatic rings. The molecule has 0 spiro atoms.